The minimum atomic E-state index is -5.02. The van der Waals surface area contributed by atoms with Gasteiger partial charge >= 0.3 is 6.36 Å². The van der Waals surface area contributed by atoms with Crippen LogP contribution < -0.4 is 15.0 Å². The minimum Gasteiger partial charge on any atom is -0.403 e. The Hall–Kier alpha value is -2.40. The Morgan fingerprint density at radius 1 is 1.38 bits per heavy atom. The number of carbonyl (C=O) groups excluding carboxylic acids is 1. The van der Waals surface area contributed by atoms with Gasteiger partial charge in [-0.2, -0.15) is 0 Å². The average molecular weight is 478 g/mol. The standard InChI is InChI=1S/C18H16BrF4N3O3/c19-13-5-11(7-24-16(13)26-4-3-10(8-26)9-27)17(28)25-12-1-2-15(14(20)6-12)29-18(21,22)23/h1-2,5-7,10,27H,3-4,8-9H2,(H,25,28)/t10-/m0/s1. The average Bonchev–Trinajstić information content (AvgIpc) is 3.12. The van der Waals surface area contributed by atoms with Crippen LogP contribution in [0.3, 0.4) is 0 Å². The number of hydrogen-bond donors (Lipinski definition) is 2. The zero-order valence-corrected chi connectivity index (χ0v) is 16.4. The summed E-state index contributed by atoms with van der Waals surface area (Å²) in [5.74, 6) is -2.05. The summed E-state index contributed by atoms with van der Waals surface area (Å²) >= 11 is 3.37. The van der Waals surface area contributed by atoms with Crippen molar-refractivity contribution in [1.29, 1.82) is 0 Å². The van der Waals surface area contributed by atoms with E-state index in [0.29, 0.717) is 16.8 Å². The number of aliphatic hydroxyl groups excluding tert-OH is 1. The molecule has 156 valence electrons. The van der Waals surface area contributed by atoms with E-state index in [9.17, 15) is 27.5 Å². The van der Waals surface area contributed by atoms with E-state index in [1.807, 2.05) is 4.90 Å². The van der Waals surface area contributed by atoms with Gasteiger partial charge in [0.1, 0.15) is 5.82 Å². The van der Waals surface area contributed by atoms with E-state index >= 15 is 0 Å². The number of ether oxygens (including phenoxy) is 1. The van der Waals surface area contributed by atoms with Crippen LogP contribution in [0.5, 0.6) is 5.75 Å². The van der Waals surface area contributed by atoms with Crippen molar-refractivity contribution in [3.63, 3.8) is 0 Å². The Balaban J connectivity index is 1.69. The molecular formula is C18H16BrF4N3O3. The Morgan fingerprint density at radius 2 is 2.14 bits per heavy atom. The second-order valence-corrected chi connectivity index (χ2v) is 7.31. The molecule has 29 heavy (non-hydrogen) atoms. The van der Waals surface area contributed by atoms with Crippen molar-refractivity contribution in [2.24, 2.45) is 5.92 Å². The van der Waals surface area contributed by atoms with Crippen molar-refractivity contribution >= 4 is 33.3 Å². The van der Waals surface area contributed by atoms with E-state index in [-0.39, 0.29) is 23.8 Å². The number of rotatable bonds is 5. The van der Waals surface area contributed by atoms with Crippen LogP contribution in [0.25, 0.3) is 0 Å². The van der Waals surface area contributed by atoms with Gasteiger partial charge in [0.15, 0.2) is 11.6 Å². The van der Waals surface area contributed by atoms with Gasteiger partial charge in [-0.25, -0.2) is 9.37 Å². The lowest BCUT2D eigenvalue weighted by Crippen LogP contribution is -2.22. The minimum absolute atomic E-state index is 0.0347. The summed E-state index contributed by atoms with van der Waals surface area (Å²) in [5.41, 5.74) is 0.141. The molecule has 1 atom stereocenters. The third-order valence-electron chi connectivity index (χ3n) is 4.34. The third-order valence-corrected chi connectivity index (χ3v) is 4.93. The Kier molecular flexibility index (Phi) is 6.27. The monoisotopic (exact) mass is 477 g/mol. The molecule has 3 rings (SSSR count). The van der Waals surface area contributed by atoms with Crippen LogP contribution in [-0.4, -0.2) is 42.1 Å². The van der Waals surface area contributed by atoms with Crippen LogP contribution in [0, 0.1) is 11.7 Å². The number of amides is 1. The summed E-state index contributed by atoms with van der Waals surface area (Å²) in [4.78, 5) is 18.6. The molecule has 1 aliphatic rings. The maximum atomic E-state index is 13.8. The Bertz CT molecular complexity index is 910. The first kappa shape index (κ1) is 21.3. The van der Waals surface area contributed by atoms with E-state index in [1.54, 1.807) is 6.07 Å². The normalized spacial score (nSPS) is 16.8. The first-order valence-electron chi connectivity index (χ1n) is 8.54. The highest BCUT2D eigenvalue weighted by Gasteiger charge is 2.32. The number of halogens is 5. The molecule has 1 aliphatic heterocycles. The van der Waals surface area contributed by atoms with Crippen LogP contribution >= 0.6 is 15.9 Å². The molecule has 1 fully saturated rings. The number of anilines is 2. The molecule has 11 heteroatoms. The van der Waals surface area contributed by atoms with Gasteiger partial charge in [-0.05, 0) is 40.5 Å². The Labute approximate surface area is 171 Å². The zero-order chi connectivity index (χ0) is 21.2. The molecule has 1 aromatic carbocycles. The van der Waals surface area contributed by atoms with Gasteiger partial charge in [-0.15, -0.1) is 13.2 Å². The van der Waals surface area contributed by atoms with Gasteiger partial charge in [-0.1, -0.05) is 0 Å². The lowest BCUT2D eigenvalue weighted by atomic mass is 10.1. The summed E-state index contributed by atoms with van der Waals surface area (Å²) in [7, 11) is 0. The number of aromatic nitrogens is 1. The van der Waals surface area contributed by atoms with Crippen LogP contribution in [0.1, 0.15) is 16.8 Å². The number of alkyl halides is 3. The fraction of sp³-hybridized carbons (Fsp3) is 0.333. The van der Waals surface area contributed by atoms with Crippen molar-refractivity contribution in [2.75, 3.05) is 29.9 Å². The van der Waals surface area contributed by atoms with Crippen molar-refractivity contribution < 1.29 is 32.2 Å². The van der Waals surface area contributed by atoms with Crippen LogP contribution in [-0.2, 0) is 0 Å². The number of carbonyl (C=O) groups is 1. The highest BCUT2D eigenvalue weighted by molar-refractivity contribution is 9.10. The molecule has 1 amide bonds. The summed E-state index contributed by atoms with van der Waals surface area (Å²) in [6.45, 7) is 1.48. The third kappa shape index (κ3) is 5.36. The predicted octanol–water partition coefficient (Wildman–Crippen LogP) is 3.95. The molecule has 6 nitrogen and oxygen atoms in total. The van der Waals surface area contributed by atoms with Crippen molar-refractivity contribution in [3.05, 3.63) is 46.3 Å². The quantitative estimate of drug-likeness (QED) is 0.637. The highest BCUT2D eigenvalue weighted by Crippen LogP contribution is 2.30. The lowest BCUT2D eigenvalue weighted by molar-refractivity contribution is -0.275. The molecule has 0 unspecified atom stereocenters. The smallest absolute Gasteiger partial charge is 0.403 e. The molecule has 0 saturated carbocycles. The maximum Gasteiger partial charge on any atom is 0.573 e. The molecule has 1 saturated heterocycles. The van der Waals surface area contributed by atoms with Gasteiger partial charge in [0.25, 0.3) is 5.91 Å². The van der Waals surface area contributed by atoms with E-state index in [2.05, 4.69) is 31.0 Å². The van der Waals surface area contributed by atoms with Gasteiger partial charge < -0.3 is 20.1 Å². The summed E-state index contributed by atoms with van der Waals surface area (Å²) in [6.07, 6.45) is -2.83. The highest BCUT2D eigenvalue weighted by atomic mass is 79.9. The predicted molar refractivity (Wildman–Crippen MR) is 100 cm³/mol. The molecule has 0 spiro atoms. The lowest BCUT2D eigenvalue weighted by Gasteiger charge is -2.19. The second kappa shape index (κ2) is 8.54. The van der Waals surface area contributed by atoms with Gasteiger partial charge in [0.05, 0.1) is 10.0 Å². The number of nitrogens with zero attached hydrogens (tertiary/aromatic N) is 2. The van der Waals surface area contributed by atoms with E-state index in [0.717, 1.165) is 31.2 Å². The topological polar surface area (TPSA) is 74.7 Å². The number of pyridine rings is 1. The van der Waals surface area contributed by atoms with Gasteiger partial charge in [0, 0.05) is 43.6 Å². The van der Waals surface area contributed by atoms with Crippen molar-refractivity contribution in [2.45, 2.75) is 12.8 Å². The van der Waals surface area contributed by atoms with Crippen molar-refractivity contribution in [1.82, 2.24) is 4.98 Å². The SMILES string of the molecule is O=C(Nc1ccc(OC(F)(F)F)c(F)c1)c1cnc(N2CC[C@H](CO)C2)c(Br)c1. The number of hydrogen-bond acceptors (Lipinski definition) is 5. The van der Waals surface area contributed by atoms with Crippen LogP contribution in [0.2, 0.25) is 0 Å². The molecule has 1 aromatic heterocycles. The fourth-order valence-corrected chi connectivity index (χ4v) is 3.55. The Morgan fingerprint density at radius 3 is 2.72 bits per heavy atom. The largest absolute Gasteiger partial charge is 0.573 e. The molecular weight excluding hydrogens is 462 g/mol. The summed E-state index contributed by atoms with van der Waals surface area (Å²) < 4.78 is 54.5. The van der Waals surface area contributed by atoms with Gasteiger partial charge in [-0.3, -0.25) is 4.79 Å². The summed E-state index contributed by atoms with van der Waals surface area (Å²) in [6, 6.07) is 4.15. The molecule has 2 heterocycles. The second-order valence-electron chi connectivity index (χ2n) is 6.46. The summed E-state index contributed by atoms with van der Waals surface area (Å²) in [5, 5.41) is 11.6. The van der Waals surface area contributed by atoms with E-state index in [4.69, 9.17) is 0 Å². The van der Waals surface area contributed by atoms with Crippen molar-refractivity contribution in [3.8, 4) is 5.75 Å². The maximum absolute atomic E-state index is 13.8. The fourth-order valence-electron chi connectivity index (χ4n) is 2.95. The molecule has 2 N–H and O–H groups in total. The number of aliphatic hydroxyl groups is 1. The van der Waals surface area contributed by atoms with E-state index < -0.39 is 23.8 Å². The number of benzene rings is 1. The first-order valence-corrected chi connectivity index (χ1v) is 9.33. The van der Waals surface area contributed by atoms with E-state index in [1.165, 1.54) is 6.20 Å². The molecule has 0 radical (unpaired) electrons. The molecule has 2 aromatic rings. The zero-order valence-electron chi connectivity index (χ0n) is 14.8. The van der Waals surface area contributed by atoms with Crippen LogP contribution in [0.15, 0.2) is 34.9 Å². The molecule has 0 aliphatic carbocycles. The van der Waals surface area contributed by atoms with Crippen LogP contribution in [0.4, 0.5) is 29.1 Å². The number of nitrogens with one attached hydrogen (secondary N) is 1. The van der Waals surface area contributed by atoms with Gasteiger partial charge in [0.2, 0.25) is 0 Å². The molecule has 0 bridgehead atoms. The first-order chi connectivity index (χ1) is 13.7.